The van der Waals surface area contributed by atoms with E-state index in [0.717, 1.165) is 30.7 Å². The van der Waals surface area contributed by atoms with Crippen LogP contribution in [0.2, 0.25) is 0 Å². The lowest BCUT2D eigenvalue weighted by atomic mass is 9.38. The van der Waals surface area contributed by atoms with Gasteiger partial charge in [-0.05, 0) is 32.1 Å². The minimum Gasteiger partial charge on any atom is -0.361 e. The molecule has 4 aliphatic carbocycles. The van der Waals surface area contributed by atoms with Gasteiger partial charge < -0.3 is 9.84 Å². The lowest BCUT2D eigenvalue weighted by molar-refractivity contribution is -0.139. The van der Waals surface area contributed by atoms with Crippen molar-refractivity contribution in [2.45, 2.75) is 62.3 Å². The standard InChI is InChI=1S/C14H18N2O2/c1-9(17)15-14-6-13(7-14,8-14)12-5-11(16-18-12)10-3-2-4-10/h5,10H,2-4,6-8H2,1H3,(H,15,17). The highest BCUT2D eigenvalue weighted by Crippen LogP contribution is 2.67. The first kappa shape index (κ1) is 10.6. The van der Waals surface area contributed by atoms with Gasteiger partial charge in [-0.25, -0.2) is 0 Å². The van der Waals surface area contributed by atoms with Crippen LogP contribution >= 0.6 is 0 Å². The summed E-state index contributed by atoms with van der Waals surface area (Å²) in [7, 11) is 0. The van der Waals surface area contributed by atoms with Crippen molar-refractivity contribution in [1.29, 1.82) is 0 Å². The molecule has 4 aliphatic rings. The number of hydrogen-bond donors (Lipinski definition) is 1. The Morgan fingerprint density at radius 1 is 1.44 bits per heavy atom. The van der Waals surface area contributed by atoms with Crippen molar-refractivity contribution < 1.29 is 9.32 Å². The molecular weight excluding hydrogens is 228 g/mol. The van der Waals surface area contributed by atoms with E-state index in [1.54, 1.807) is 6.92 Å². The Hall–Kier alpha value is -1.32. The summed E-state index contributed by atoms with van der Waals surface area (Å²) in [6.07, 6.45) is 6.92. The lowest BCUT2D eigenvalue weighted by Gasteiger charge is -2.69. The summed E-state index contributed by atoms with van der Waals surface area (Å²) < 4.78 is 5.55. The van der Waals surface area contributed by atoms with E-state index in [0.29, 0.717) is 5.92 Å². The molecule has 0 atom stereocenters. The molecule has 0 saturated heterocycles. The van der Waals surface area contributed by atoms with E-state index in [1.807, 2.05) is 0 Å². The van der Waals surface area contributed by atoms with Crippen LogP contribution in [0.25, 0.3) is 0 Å². The smallest absolute Gasteiger partial charge is 0.217 e. The van der Waals surface area contributed by atoms with Crippen molar-refractivity contribution in [2.24, 2.45) is 0 Å². The summed E-state index contributed by atoms with van der Waals surface area (Å²) in [5.41, 5.74) is 1.42. The van der Waals surface area contributed by atoms with Gasteiger partial charge in [-0.15, -0.1) is 0 Å². The zero-order valence-electron chi connectivity index (χ0n) is 10.7. The SMILES string of the molecule is CC(=O)NC12CC(c3cc(C4CCC4)no3)(C1)C2. The van der Waals surface area contributed by atoms with E-state index in [1.165, 1.54) is 19.3 Å². The van der Waals surface area contributed by atoms with Crippen LogP contribution in [0, 0.1) is 0 Å². The second-order valence-electron chi connectivity index (χ2n) is 6.52. The zero-order chi connectivity index (χ0) is 12.4. The summed E-state index contributed by atoms with van der Waals surface area (Å²) >= 11 is 0. The normalized spacial score (nSPS) is 37.4. The lowest BCUT2D eigenvalue weighted by Crippen LogP contribution is -2.76. The minimum atomic E-state index is 0.0786. The number of aromatic nitrogens is 1. The fourth-order valence-electron chi connectivity index (χ4n) is 3.99. The minimum absolute atomic E-state index is 0.0786. The highest BCUT2D eigenvalue weighted by molar-refractivity contribution is 5.75. The molecule has 0 unspecified atom stereocenters. The van der Waals surface area contributed by atoms with Gasteiger partial charge in [-0.3, -0.25) is 4.79 Å². The first-order valence-electron chi connectivity index (χ1n) is 6.87. The summed E-state index contributed by atoms with van der Waals surface area (Å²) in [4.78, 5) is 11.1. The van der Waals surface area contributed by atoms with E-state index in [-0.39, 0.29) is 16.9 Å². The Morgan fingerprint density at radius 3 is 2.72 bits per heavy atom. The molecule has 0 spiro atoms. The molecule has 0 aromatic carbocycles. The Morgan fingerprint density at radius 2 is 2.17 bits per heavy atom. The van der Waals surface area contributed by atoms with Crippen LogP contribution in [0.1, 0.15) is 62.8 Å². The van der Waals surface area contributed by atoms with Crippen molar-refractivity contribution in [3.63, 3.8) is 0 Å². The molecule has 4 saturated carbocycles. The molecular formula is C14H18N2O2. The maximum absolute atomic E-state index is 11.1. The van der Waals surface area contributed by atoms with Crippen molar-refractivity contribution in [3.05, 3.63) is 17.5 Å². The highest BCUT2D eigenvalue weighted by Gasteiger charge is 2.70. The van der Waals surface area contributed by atoms with E-state index in [2.05, 4.69) is 16.5 Å². The van der Waals surface area contributed by atoms with Gasteiger partial charge >= 0.3 is 0 Å². The van der Waals surface area contributed by atoms with Crippen molar-refractivity contribution in [3.8, 4) is 0 Å². The average Bonchev–Trinajstić information content (AvgIpc) is 2.54. The third-order valence-corrected chi connectivity index (χ3v) is 5.05. The summed E-state index contributed by atoms with van der Waals surface area (Å²) in [6.45, 7) is 1.59. The van der Waals surface area contributed by atoms with Crippen LogP contribution in [0.15, 0.2) is 10.6 Å². The molecule has 0 radical (unpaired) electrons. The van der Waals surface area contributed by atoms with E-state index < -0.39 is 0 Å². The Bertz CT molecular complexity index is 496. The highest BCUT2D eigenvalue weighted by atomic mass is 16.5. The van der Waals surface area contributed by atoms with Crippen molar-refractivity contribution in [2.75, 3.05) is 0 Å². The predicted octanol–water partition coefficient (Wildman–Crippen LogP) is 2.25. The van der Waals surface area contributed by atoms with E-state index >= 15 is 0 Å². The second-order valence-corrected chi connectivity index (χ2v) is 6.52. The van der Waals surface area contributed by atoms with Gasteiger partial charge in [-0.1, -0.05) is 11.6 Å². The molecule has 2 bridgehead atoms. The van der Waals surface area contributed by atoms with Crippen molar-refractivity contribution in [1.82, 2.24) is 10.5 Å². The second kappa shape index (κ2) is 3.16. The maximum Gasteiger partial charge on any atom is 0.217 e. The van der Waals surface area contributed by atoms with Crippen LogP contribution in [0.3, 0.4) is 0 Å². The number of carbonyl (C=O) groups is 1. The Balaban J connectivity index is 1.47. The molecule has 18 heavy (non-hydrogen) atoms. The van der Waals surface area contributed by atoms with Gasteiger partial charge in [0.05, 0.1) is 5.69 Å². The van der Waals surface area contributed by atoms with Gasteiger partial charge in [0.1, 0.15) is 5.76 Å². The van der Waals surface area contributed by atoms with Crippen LogP contribution in [-0.2, 0) is 10.2 Å². The molecule has 1 N–H and O–H groups in total. The van der Waals surface area contributed by atoms with Crippen molar-refractivity contribution >= 4 is 5.91 Å². The first-order chi connectivity index (χ1) is 8.61. The van der Waals surface area contributed by atoms with E-state index in [4.69, 9.17) is 4.52 Å². The largest absolute Gasteiger partial charge is 0.361 e. The monoisotopic (exact) mass is 246 g/mol. The molecule has 96 valence electrons. The van der Waals surface area contributed by atoms with Gasteiger partial charge in [-0.2, -0.15) is 0 Å². The van der Waals surface area contributed by atoms with Gasteiger partial charge in [0.2, 0.25) is 5.91 Å². The summed E-state index contributed by atoms with van der Waals surface area (Å²) in [5.74, 6) is 1.77. The topological polar surface area (TPSA) is 55.1 Å². The number of amides is 1. The fourth-order valence-corrected chi connectivity index (χ4v) is 3.99. The molecule has 0 aliphatic heterocycles. The third-order valence-electron chi connectivity index (χ3n) is 5.05. The molecule has 4 fully saturated rings. The molecule has 1 aromatic rings. The zero-order valence-corrected chi connectivity index (χ0v) is 10.7. The molecule has 1 amide bonds. The molecule has 4 heteroatoms. The van der Waals surface area contributed by atoms with Crippen LogP contribution < -0.4 is 5.32 Å². The predicted molar refractivity (Wildman–Crippen MR) is 65.2 cm³/mol. The molecule has 5 rings (SSSR count). The van der Waals surface area contributed by atoms with E-state index in [9.17, 15) is 4.79 Å². The quantitative estimate of drug-likeness (QED) is 0.890. The van der Waals surface area contributed by atoms with Gasteiger partial charge in [0, 0.05) is 29.9 Å². The maximum atomic E-state index is 11.1. The number of nitrogens with zero attached hydrogens (tertiary/aromatic N) is 1. The number of nitrogens with one attached hydrogen (secondary N) is 1. The average molecular weight is 246 g/mol. The molecule has 1 aromatic heterocycles. The Kier molecular flexibility index (Phi) is 1.86. The van der Waals surface area contributed by atoms with Crippen LogP contribution in [0.5, 0.6) is 0 Å². The first-order valence-corrected chi connectivity index (χ1v) is 6.87. The van der Waals surface area contributed by atoms with Crippen LogP contribution in [-0.4, -0.2) is 16.6 Å². The number of rotatable bonds is 3. The molecule has 1 heterocycles. The summed E-state index contributed by atoms with van der Waals surface area (Å²) in [6, 6.07) is 2.17. The van der Waals surface area contributed by atoms with Crippen LogP contribution in [0.4, 0.5) is 0 Å². The van der Waals surface area contributed by atoms with Gasteiger partial charge in [0.25, 0.3) is 0 Å². The number of carbonyl (C=O) groups excluding carboxylic acids is 1. The summed E-state index contributed by atoms with van der Waals surface area (Å²) in [5, 5.41) is 7.30. The molecule has 4 nitrogen and oxygen atoms in total. The van der Waals surface area contributed by atoms with Gasteiger partial charge in [0.15, 0.2) is 0 Å². The number of hydrogen-bond acceptors (Lipinski definition) is 3. The Labute approximate surface area is 106 Å². The fraction of sp³-hybridized carbons (Fsp3) is 0.714. The third kappa shape index (κ3) is 1.26.